The van der Waals surface area contributed by atoms with Gasteiger partial charge < -0.3 is 9.88 Å². The van der Waals surface area contributed by atoms with E-state index >= 15 is 0 Å². The van der Waals surface area contributed by atoms with Gasteiger partial charge in [-0.2, -0.15) is 0 Å². The van der Waals surface area contributed by atoms with Crippen molar-refractivity contribution in [3.63, 3.8) is 0 Å². The molecule has 0 saturated heterocycles. The van der Waals surface area contributed by atoms with Gasteiger partial charge in [-0.15, -0.1) is 0 Å². The molecule has 2 heteroatoms. The molecule has 1 N–H and O–H groups in total. The number of hydrogen-bond donors (Lipinski definition) is 1. The summed E-state index contributed by atoms with van der Waals surface area (Å²) in [4.78, 5) is 0. The molecule has 72 heavy (non-hydrogen) atoms. The average molecular weight is 919 g/mol. The first-order chi connectivity index (χ1) is 35.5. The normalized spacial score (nSPS) is 13.6. The molecule has 0 fully saturated rings. The Bertz CT molecular complexity index is 4020. The maximum absolute atomic E-state index is 4.18. The second kappa shape index (κ2) is 16.3. The van der Waals surface area contributed by atoms with Crippen LogP contribution in [0.3, 0.4) is 0 Å². The molecule has 1 aromatic heterocycles. The van der Waals surface area contributed by atoms with Crippen molar-refractivity contribution in [3.05, 3.63) is 294 Å². The van der Waals surface area contributed by atoms with Gasteiger partial charge >= 0.3 is 0 Å². The van der Waals surface area contributed by atoms with Gasteiger partial charge in [0.25, 0.3) is 0 Å². The molecule has 0 saturated carbocycles. The quantitative estimate of drug-likeness (QED) is 0.161. The van der Waals surface area contributed by atoms with Crippen LogP contribution in [0.5, 0.6) is 0 Å². The van der Waals surface area contributed by atoms with E-state index in [-0.39, 0.29) is 5.41 Å². The summed E-state index contributed by atoms with van der Waals surface area (Å²) in [5.41, 5.74) is 24.7. The third-order valence-corrected chi connectivity index (χ3v) is 15.9. The lowest BCUT2D eigenvalue weighted by atomic mass is 9.66. The molecule has 14 rings (SSSR count). The summed E-state index contributed by atoms with van der Waals surface area (Å²) >= 11 is 0. The fourth-order valence-corrected chi connectivity index (χ4v) is 12.7. The Balaban J connectivity index is 1.11. The summed E-state index contributed by atoms with van der Waals surface area (Å²) in [6, 6.07) is 96.8. The van der Waals surface area contributed by atoms with E-state index in [1.165, 1.54) is 83.1 Å². The smallest absolute Gasteiger partial charge is 0.0719 e. The number of benzene rings is 11. The highest BCUT2D eigenvalue weighted by Gasteiger charge is 2.47. The molecule has 0 atom stereocenters. The van der Waals surface area contributed by atoms with Gasteiger partial charge in [0.1, 0.15) is 0 Å². The van der Waals surface area contributed by atoms with Crippen molar-refractivity contribution in [2.45, 2.75) is 24.7 Å². The standard InChI is InChI=1S/C70H50N2/c1-69(2)59-33-17-12-28-52(59)56-43-42-50(44-63(56)69)71-64-45-58(55-31-15-20-36-62(55)70(49-24-8-4-9-25-49)60-34-18-13-29-53(60)54-30-14-19-35-61(54)70)68-67(57-32-16-21-37-65(57)72(68)51-26-10-5-11-27-51)66(64)48-40-38-47(39-41-48)46-22-6-3-7-23-46/h3-45,71H,1-2H3. The van der Waals surface area contributed by atoms with E-state index in [0.29, 0.717) is 0 Å². The fourth-order valence-electron chi connectivity index (χ4n) is 12.7. The van der Waals surface area contributed by atoms with Gasteiger partial charge in [0.05, 0.1) is 16.4 Å². The van der Waals surface area contributed by atoms with Gasteiger partial charge in [0.2, 0.25) is 0 Å². The Hall–Kier alpha value is -8.98. The van der Waals surface area contributed by atoms with Gasteiger partial charge in [0, 0.05) is 44.4 Å². The maximum atomic E-state index is 4.18. The number of fused-ring (bicyclic) bond motifs is 9. The summed E-state index contributed by atoms with van der Waals surface area (Å²) in [6.45, 7) is 4.73. The van der Waals surface area contributed by atoms with E-state index in [4.69, 9.17) is 0 Å². The lowest BCUT2D eigenvalue weighted by molar-refractivity contribution is 0.660. The second-order valence-corrected chi connectivity index (χ2v) is 20.0. The number of rotatable bonds is 8. The predicted octanol–water partition coefficient (Wildman–Crippen LogP) is 18.2. The van der Waals surface area contributed by atoms with Crippen LogP contribution >= 0.6 is 0 Å². The zero-order chi connectivity index (χ0) is 48.0. The molecule has 0 aliphatic heterocycles. The summed E-state index contributed by atoms with van der Waals surface area (Å²) in [5, 5.41) is 6.58. The monoisotopic (exact) mass is 918 g/mol. The lowest BCUT2D eigenvalue weighted by Gasteiger charge is -2.36. The zero-order valence-corrected chi connectivity index (χ0v) is 40.3. The van der Waals surface area contributed by atoms with Crippen LogP contribution in [0.1, 0.15) is 47.2 Å². The van der Waals surface area contributed by atoms with E-state index in [9.17, 15) is 0 Å². The van der Waals surface area contributed by atoms with Crippen molar-refractivity contribution in [2.24, 2.45) is 0 Å². The van der Waals surface area contributed by atoms with Gasteiger partial charge in [-0.1, -0.05) is 238 Å². The molecule has 11 aromatic carbocycles. The van der Waals surface area contributed by atoms with Crippen LogP contribution in [0.15, 0.2) is 261 Å². The van der Waals surface area contributed by atoms with Crippen LogP contribution in [0.2, 0.25) is 0 Å². The topological polar surface area (TPSA) is 17.0 Å². The van der Waals surface area contributed by atoms with Crippen LogP contribution < -0.4 is 5.32 Å². The molecule has 0 bridgehead atoms. The van der Waals surface area contributed by atoms with E-state index in [1.807, 2.05) is 0 Å². The minimum absolute atomic E-state index is 0.156. The molecule has 2 aliphatic carbocycles. The van der Waals surface area contributed by atoms with Gasteiger partial charge in [-0.3, -0.25) is 0 Å². The van der Waals surface area contributed by atoms with Crippen LogP contribution in [-0.2, 0) is 10.8 Å². The summed E-state index contributed by atoms with van der Waals surface area (Å²) < 4.78 is 2.52. The number of anilines is 2. The highest BCUT2D eigenvalue weighted by atomic mass is 15.0. The van der Waals surface area contributed by atoms with Crippen LogP contribution in [0.4, 0.5) is 11.4 Å². The molecule has 12 aromatic rings. The molecule has 0 radical (unpaired) electrons. The fraction of sp³-hybridized carbons (Fsp3) is 0.0571. The summed E-state index contributed by atoms with van der Waals surface area (Å²) in [7, 11) is 0. The first-order valence-corrected chi connectivity index (χ1v) is 25.2. The van der Waals surface area contributed by atoms with Crippen molar-refractivity contribution >= 4 is 33.2 Å². The second-order valence-electron chi connectivity index (χ2n) is 20.0. The van der Waals surface area contributed by atoms with Crippen molar-refractivity contribution in [2.75, 3.05) is 5.32 Å². The number of aromatic nitrogens is 1. The highest BCUT2D eigenvalue weighted by molar-refractivity contribution is 6.23. The summed E-state index contributed by atoms with van der Waals surface area (Å²) in [5.74, 6) is 0. The molecular weight excluding hydrogens is 869 g/mol. The third-order valence-electron chi connectivity index (χ3n) is 15.9. The first kappa shape index (κ1) is 41.9. The maximum Gasteiger partial charge on any atom is 0.0719 e. The minimum atomic E-state index is -0.624. The van der Waals surface area contributed by atoms with Crippen molar-refractivity contribution in [1.29, 1.82) is 0 Å². The largest absolute Gasteiger partial charge is 0.355 e. The Morgan fingerprint density at radius 2 is 0.833 bits per heavy atom. The van der Waals surface area contributed by atoms with E-state index in [2.05, 4.69) is 285 Å². The first-order valence-electron chi connectivity index (χ1n) is 25.2. The zero-order valence-electron chi connectivity index (χ0n) is 40.3. The van der Waals surface area contributed by atoms with Gasteiger partial charge in [-0.05, 0) is 114 Å². The van der Waals surface area contributed by atoms with E-state index in [0.717, 1.165) is 44.8 Å². The third kappa shape index (κ3) is 6.15. The Labute approximate surface area is 421 Å². The molecular formula is C70H50N2. The van der Waals surface area contributed by atoms with Crippen molar-refractivity contribution < 1.29 is 0 Å². The van der Waals surface area contributed by atoms with Gasteiger partial charge in [0.15, 0.2) is 0 Å². The van der Waals surface area contributed by atoms with E-state index < -0.39 is 5.41 Å². The molecule has 0 amide bonds. The number of hydrogen-bond acceptors (Lipinski definition) is 1. The minimum Gasteiger partial charge on any atom is -0.355 e. The molecule has 0 unspecified atom stereocenters. The van der Waals surface area contributed by atoms with Crippen molar-refractivity contribution in [1.82, 2.24) is 4.57 Å². The number of nitrogens with one attached hydrogen (secondary N) is 1. The Morgan fingerprint density at radius 3 is 1.47 bits per heavy atom. The molecule has 0 spiro atoms. The Kier molecular flexibility index (Phi) is 9.50. The number of para-hydroxylation sites is 2. The predicted molar refractivity (Wildman–Crippen MR) is 302 cm³/mol. The Morgan fingerprint density at radius 1 is 0.361 bits per heavy atom. The highest BCUT2D eigenvalue weighted by Crippen LogP contribution is 2.59. The number of nitrogens with zero attached hydrogens (tertiary/aromatic N) is 1. The molecule has 1 heterocycles. The molecule has 2 nitrogen and oxygen atoms in total. The lowest BCUT2D eigenvalue weighted by Crippen LogP contribution is -2.29. The van der Waals surface area contributed by atoms with E-state index in [1.54, 1.807) is 0 Å². The van der Waals surface area contributed by atoms with Crippen LogP contribution in [0, 0.1) is 0 Å². The van der Waals surface area contributed by atoms with Crippen LogP contribution in [0.25, 0.3) is 83.1 Å². The van der Waals surface area contributed by atoms with Crippen LogP contribution in [-0.4, -0.2) is 4.57 Å². The molecule has 340 valence electrons. The SMILES string of the molecule is CC1(C)c2ccccc2-c2ccc(Nc3cc(-c4ccccc4C4(c5ccccc5)c5ccccc5-c5ccccc54)c4c(c3-c3ccc(-c5ccccc5)cc3)c3ccccc3n4-c3ccccc3)cc21. The van der Waals surface area contributed by atoms with Crippen molar-refractivity contribution in [3.8, 4) is 61.3 Å². The molecule has 2 aliphatic rings. The average Bonchev–Trinajstić information content (AvgIpc) is 4.03. The van der Waals surface area contributed by atoms with Gasteiger partial charge in [-0.25, -0.2) is 0 Å². The summed E-state index contributed by atoms with van der Waals surface area (Å²) in [6.07, 6.45) is 0.